The molecule has 0 spiro atoms. The molecular formula is C26H23NO3. The molecule has 4 heteroatoms. The molecule has 1 N–H and O–H groups in total. The number of rotatable bonds is 6. The molecule has 0 aromatic heterocycles. The summed E-state index contributed by atoms with van der Waals surface area (Å²) in [6.45, 7) is 2.10. The van der Waals surface area contributed by atoms with Gasteiger partial charge in [0.1, 0.15) is 5.75 Å². The van der Waals surface area contributed by atoms with Crippen molar-refractivity contribution < 1.29 is 14.3 Å². The second-order valence-corrected chi connectivity index (χ2v) is 6.33. The summed E-state index contributed by atoms with van der Waals surface area (Å²) in [5.74, 6) is 6.77. The first-order valence-corrected chi connectivity index (χ1v) is 9.65. The number of anilines is 1. The number of carbonyl (C=O) groups excluding carboxylic acids is 1. The van der Waals surface area contributed by atoms with E-state index in [9.17, 15) is 4.79 Å². The van der Waals surface area contributed by atoms with Crippen LogP contribution >= 0.6 is 0 Å². The number of benzene rings is 3. The van der Waals surface area contributed by atoms with Crippen LogP contribution in [0.2, 0.25) is 0 Å². The van der Waals surface area contributed by atoms with Crippen molar-refractivity contribution >= 4 is 17.4 Å². The van der Waals surface area contributed by atoms with E-state index in [4.69, 9.17) is 9.47 Å². The third-order valence-electron chi connectivity index (χ3n) is 4.26. The van der Waals surface area contributed by atoms with Gasteiger partial charge >= 0.3 is 5.97 Å². The monoisotopic (exact) mass is 397 g/mol. The fraction of sp³-hybridized carbons (Fsp3) is 0.115. The maximum Gasteiger partial charge on any atom is 0.332 e. The van der Waals surface area contributed by atoms with Crippen LogP contribution in [0.1, 0.15) is 23.6 Å². The van der Waals surface area contributed by atoms with Crippen molar-refractivity contribution in [2.24, 2.45) is 0 Å². The van der Waals surface area contributed by atoms with Gasteiger partial charge in [-0.3, -0.25) is 0 Å². The Kier molecular flexibility index (Phi) is 7.29. The minimum Gasteiger partial charge on any atom is -0.497 e. The molecule has 0 bridgehead atoms. The fourth-order valence-corrected chi connectivity index (χ4v) is 2.77. The molecule has 4 nitrogen and oxygen atoms in total. The molecule has 3 rings (SSSR count). The maximum atomic E-state index is 12.1. The molecule has 0 saturated heterocycles. The quantitative estimate of drug-likeness (QED) is 0.357. The molecular weight excluding hydrogens is 374 g/mol. The van der Waals surface area contributed by atoms with Gasteiger partial charge in [-0.05, 0) is 48.9 Å². The van der Waals surface area contributed by atoms with E-state index in [1.165, 1.54) is 6.08 Å². The smallest absolute Gasteiger partial charge is 0.332 e. The number of ether oxygens (including phenoxy) is 2. The molecule has 0 amide bonds. The SMILES string of the molecule is CCOC(=O)/C=C(/Nc1ccccc1C#Cc1ccc(OC)cc1)c1ccccc1. The Bertz CT molecular complexity index is 1070. The van der Waals surface area contributed by atoms with Gasteiger partial charge in [0.25, 0.3) is 0 Å². The predicted molar refractivity (Wildman–Crippen MR) is 120 cm³/mol. The molecule has 3 aromatic rings. The summed E-state index contributed by atoms with van der Waals surface area (Å²) >= 11 is 0. The molecule has 30 heavy (non-hydrogen) atoms. The summed E-state index contributed by atoms with van der Waals surface area (Å²) in [4.78, 5) is 12.1. The van der Waals surface area contributed by atoms with E-state index >= 15 is 0 Å². The number of carbonyl (C=O) groups is 1. The van der Waals surface area contributed by atoms with Crippen LogP contribution in [0.5, 0.6) is 5.75 Å². The normalized spacial score (nSPS) is 10.5. The fourth-order valence-electron chi connectivity index (χ4n) is 2.77. The number of esters is 1. The lowest BCUT2D eigenvalue weighted by molar-refractivity contribution is -0.137. The Morgan fingerprint density at radius 2 is 1.63 bits per heavy atom. The highest BCUT2D eigenvalue weighted by molar-refractivity contribution is 5.94. The largest absolute Gasteiger partial charge is 0.497 e. The van der Waals surface area contributed by atoms with Crippen molar-refractivity contribution in [3.05, 3.63) is 102 Å². The van der Waals surface area contributed by atoms with E-state index < -0.39 is 5.97 Å². The second-order valence-electron chi connectivity index (χ2n) is 6.33. The van der Waals surface area contributed by atoms with E-state index in [1.54, 1.807) is 14.0 Å². The standard InChI is InChI=1S/C26H23NO3/c1-3-30-26(28)19-25(21-9-5-4-6-10-21)27-24-12-8-7-11-22(24)16-13-20-14-17-23(29-2)18-15-20/h4-12,14-15,17-19,27H,3H2,1-2H3/b25-19+. The zero-order valence-corrected chi connectivity index (χ0v) is 17.0. The third kappa shape index (κ3) is 5.76. The predicted octanol–water partition coefficient (Wildman–Crippen LogP) is 5.11. The van der Waals surface area contributed by atoms with Crippen LogP contribution in [-0.2, 0) is 9.53 Å². The van der Waals surface area contributed by atoms with Gasteiger partial charge in [-0.25, -0.2) is 4.79 Å². The summed E-state index contributed by atoms with van der Waals surface area (Å²) in [7, 11) is 1.64. The second kappa shape index (κ2) is 10.5. The van der Waals surface area contributed by atoms with Gasteiger partial charge in [0, 0.05) is 17.2 Å². The highest BCUT2D eigenvalue weighted by atomic mass is 16.5. The van der Waals surface area contributed by atoms with E-state index in [-0.39, 0.29) is 0 Å². The van der Waals surface area contributed by atoms with Crippen LogP contribution in [0.4, 0.5) is 5.69 Å². The van der Waals surface area contributed by atoms with Crippen molar-refractivity contribution in [3.63, 3.8) is 0 Å². The molecule has 0 radical (unpaired) electrons. The molecule has 0 aliphatic heterocycles. The summed E-state index contributed by atoms with van der Waals surface area (Å²) in [6.07, 6.45) is 1.46. The first kappa shape index (κ1) is 20.8. The van der Waals surface area contributed by atoms with Crippen molar-refractivity contribution in [3.8, 4) is 17.6 Å². The lowest BCUT2D eigenvalue weighted by Gasteiger charge is -2.13. The van der Waals surface area contributed by atoms with Gasteiger partial charge in [0.05, 0.1) is 25.1 Å². The number of hydrogen-bond donors (Lipinski definition) is 1. The molecule has 0 aliphatic carbocycles. The zero-order chi connectivity index (χ0) is 21.2. The van der Waals surface area contributed by atoms with Gasteiger partial charge in [-0.15, -0.1) is 0 Å². The summed E-state index contributed by atoms with van der Waals surface area (Å²) in [5, 5.41) is 3.35. The Morgan fingerprint density at radius 3 is 2.33 bits per heavy atom. The molecule has 0 aliphatic rings. The molecule has 0 heterocycles. The Labute approximate surface area is 177 Å². The first-order chi connectivity index (χ1) is 14.7. The van der Waals surface area contributed by atoms with E-state index in [1.807, 2.05) is 78.9 Å². The Hall–Kier alpha value is -3.97. The van der Waals surface area contributed by atoms with Gasteiger partial charge < -0.3 is 14.8 Å². The summed E-state index contributed by atoms with van der Waals surface area (Å²) in [6, 6.07) is 25.0. The molecule has 0 unspecified atom stereocenters. The van der Waals surface area contributed by atoms with Crippen LogP contribution in [0, 0.1) is 11.8 Å². The maximum absolute atomic E-state index is 12.1. The lowest BCUT2D eigenvalue weighted by Crippen LogP contribution is -2.06. The molecule has 0 atom stereocenters. The number of hydrogen-bond acceptors (Lipinski definition) is 4. The van der Waals surface area contributed by atoms with E-state index in [2.05, 4.69) is 17.2 Å². The average molecular weight is 397 g/mol. The van der Waals surface area contributed by atoms with Crippen LogP contribution in [0.25, 0.3) is 5.70 Å². The van der Waals surface area contributed by atoms with Crippen LogP contribution < -0.4 is 10.1 Å². The number of nitrogens with one attached hydrogen (secondary N) is 1. The zero-order valence-electron chi connectivity index (χ0n) is 17.0. The van der Waals surface area contributed by atoms with E-state index in [0.29, 0.717) is 12.3 Å². The highest BCUT2D eigenvalue weighted by Crippen LogP contribution is 2.22. The lowest BCUT2D eigenvalue weighted by atomic mass is 10.1. The van der Waals surface area contributed by atoms with Gasteiger partial charge in [-0.1, -0.05) is 54.3 Å². The van der Waals surface area contributed by atoms with Crippen LogP contribution in [-0.4, -0.2) is 19.7 Å². The van der Waals surface area contributed by atoms with Crippen LogP contribution in [0.3, 0.4) is 0 Å². The first-order valence-electron chi connectivity index (χ1n) is 9.65. The average Bonchev–Trinajstić information content (AvgIpc) is 2.79. The highest BCUT2D eigenvalue weighted by Gasteiger charge is 2.08. The molecule has 3 aromatic carbocycles. The summed E-state index contributed by atoms with van der Waals surface area (Å²) < 4.78 is 10.3. The van der Waals surface area contributed by atoms with Crippen molar-refractivity contribution in [1.82, 2.24) is 0 Å². The number of para-hydroxylation sites is 1. The number of methoxy groups -OCH3 is 1. The topological polar surface area (TPSA) is 47.6 Å². The third-order valence-corrected chi connectivity index (χ3v) is 4.26. The Morgan fingerprint density at radius 1 is 0.933 bits per heavy atom. The molecule has 150 valence electrons. The molecule has 0 fully saturated rings. The van der Waals surface area contributed by atoms with Gasteiger partial charge in [0.2, 0.25) is 0 Å². The van der Waals surface area contributed by atoms with Gasteiger partial charge in [-0.2, -0.15) is 0 Å². The van der Waals surface area contributed by atoms with Crippen molar-refractivity contribution in [1.29, 1.82) is 0 Å². The minimum absolute atomic E-state index is 0.321. The molecule has 0 saturated carbocycles. The minimum atomic E-state index is -0.398. The van der Waals surface area contributed by atoms with Crippen molar-refractivity contribution in [2.75, 3.05) is 19.0 Å². The van der Waals surface area contributed by atoms with E-state index in [0.717, 1.165) is 28.1 Å². The van der Waals surface area contributed by atoms with Gasteiger partial charge in [0.15, 0.2) is 0 Å². The summed E-state index contributed by atoms with van der Waals surface area (Å²) in [5.41, 5.74) is 4.03. The Balaban J connectivity index is 1.91. The van der Waals surface area contributed by atoms with Crippen molar-refractivity contribution in [2.45, 2.75) is 6.92 Å². The van der Waals surface area contributed by atoms with Crippen LogP contribution in [0.15, 0.2) is 84.9 Å².